The molecule has 1 aromatic carbocycles. The smallest absolute Gasteiger partial charge is 0.270 e. The molecule has 0 radical (unpaired) electrons. The van der Waals surface area contributed by atoms with E-state index in [0.29, 0.717) is 32.5 Å². The van der Waals surface area contributed by atoms with Gasteiger partial charge in [-0.05, 0) is 37.7 Å². The first kappa shape index (κ1) is 17.8. The van der Waals surface area contributed by atoms with Gasteiger partial charge in [0.05, 0.1) is 10.2 Å². The second kappa shape index (κ2) is 7.09. The number of nitrogens with zero attached hydrogens (tertiary/aromatic N) is 2. The minimum absolute atomic E-state index is 0.119. The molecule has 2 fully saturated rings. The number of nitrogens with one attached hydrogen (secondary N) is 1. The topological polar surface area (TPSA) is 110 Å². The van der Waals surface area contributed by atoms with Crippen molar-refractivity contribution in [2.75, 3.05) is 19.6 Å². The molecule has 0 spiro atoms. The lowest BCUT2D eigenvalue weighted by Crippen LogP contribution is -2.42. The van der Waals surface area contributed by atoms with Crippen molar-refractivity contribution in [1.29, 1.82) is 0 Å². The molecular formula is C16H21N3O5S. The van der Waals surface area contributed by atoms with Crippen molar-refractivity contribution in [3.05, 3.63) is 39.9 Å². The molecule has 1 aliphatic heterocycles. The van der Waals surface area contributed by atoms with Crippen LogP contribution in [0.2, 0.25) is 0 Å². The van der Waals surface area contributed by atoms with Crippen LogP contribution in [0.3, 0.4) is 0 Å². The summed E-state index contributed by atoms with van der Waals surface area (Å²) in [5.74, 6) is -0.134. The molecule has 0 atom stereocenters. The Balaban J connectivity index is 1.49. The molecule has 0 unspecified atom stereocenters. The van der Waals surface area contributed by atoms with Gasteiger partial charge < -0.3 is 5.32 Å². The highest BCUT2D eigenvalue weighted by atomic mass is 32.2. The summed E-state index contributed by atoms with van der Waals surface area (Å²) < 4.78 is 26.0. The Kier molecular flexibility index (Phi) is 5.05. The second-order valence-corrected chi connectivity index (χ2v) is 8.82. The first-order valence-electron chi connectivity index (χ1n) is 8.39. The van der Waals surface area contributed by atoms with Crippen molar-refractivity contribution >= 4 is 21.6 Å². The molecule has 2 aliphatic rings. The van der Waals surface area contributed by atoms with E-state index in [9.17, 15) is 23.3 Å². The summed E-state index contributed by atoms with van der Waals surface area (Å²) in [6.07, 6.45) is 2.95. The predicted molar refractivity (Wildman–Crippen MR) is 91.7 cm³/mol. The van der Waals surface area contributed by atoms with Crippen LogP contribution in [0.25, 0.3) is 0 Å². The van der Waals surface area contributed by atoms with Crippen LogP contribution in [-0.2, 0) is 10.0 Å². The Bertz CT molecular complexity index is 768. The second-order valence-electron chi connectivity index (χ2n) is 6.60. The number of amides is 1. The maximum absolute atomic E-state index is 12.2. The van der Waals surface area contributed by atoms with Gasteiger partial charge in [-0.1, -0.05) is 6.07 Å². The lowest BCUT2D eigenvalue weighted by atomic mass is 9.98. The minimum atomic E-state index is -3.12. The van der Waals surface area contributed by atoms with Gasteiger partial charge in [-0.15, -0.1) is 0 Å². The molecule has 8 nitrogen and oxygen atoms in total. The quantitative estimate of drug-likeness (QED) is 0.606. The SMILES string of the molecule is O=C(NCC1CCN(S(=O)(=O)C2CC2)CC1)c1cccc([N+](=O)[O-])c1. The Morgan fingerprint density at radius 1 is 1.24 bits per heavy atom. The number of hydrogen-bond donors (Lipinski definition) is 1. The molecule has 1 N–H and O–H groups in total. The summed E-state index contributed by atoms with van der Waals surface area (Å²) in [5.41, 5.74) is 0.134. The number of sulfonamides is 1. The van der Waals surface area contributed by atoms with Gasteiger partial charge in [0, 0.05) is 37.3 Å². The van der Waals surface area contributed by atoms with E-state index in [1.54, 1.807) is 4.31 Å². The number of rotatable bonds is 6. The van der Waals surface area contributed by atoms with Crippen LogP contribution in [0, 0.1) is 16.0 Å². The lowest BCUT2D eigenvalue weighted by Gasteiger charge is -2.31. The molecule has 0 aromatic heterocycles. The van der Waals surface area contributed by atoms with Crippen LogP contribution in [0.15, 0.2) is 24.3 Å². The summed E-state index contributed by atoms with van der Waals surface area (Å²) in [4.78, 5) is 22.4. The number of benzene rings is 1. The number of carbonyl (C=O) groups excluding carboxylic acids is 1. The van der Waals surface area contributed by atoms with Gasteiger partial charge >= 0.3 is 0 Å². The average Bonchev–Trinajstić information content (AvgIpc) is 3.46. The molecule has 9 heteroatoms. The summed E-state index contributed by atoms with van der Waals surface area (Å²) in [6, 6.07) is 5.61. The molecule has 1 aliphatic carbocycles. The highest BCUT2D eigenvalue weighted by Gasteiger charge is 2.41. The third-order valence-corrected chi connectivity index (χ3v) is 7.15. The molecule has 0 bridgehead atoms. The minimum Gasteiger partial charge on any atom is -0.352 e. The number of carbonyl (C=O) groups is 1. The fourth-order valence-electron chi connectivity index (χ4n) is 3.04. The Morgan fingerprint density at radius 3 is 2.52 bits per heavy atom. The third kappa shape index (κ3) is 4.16. The zero-order valence-corrected chi connectivity index (χ0v) is 14.6. The van der Waals surface area contributed by atoms with Gasteiger partial charge in [0.25, 0.3) is 11.6 Å². The van der Waals surface area contributed by atoms with Crippen LogP contribution in [0.5, 0.6) is 0 Å². The lowest BCUT2D eigenvalue weighted by molar-refractivity contribution is -0.384. The number of non-ortho nitro benzene ring substituents is 1. The summed E-state index contributed by atoms with van der Waals surface area (Å²) in [6.45, 7) is 1.44. The van der Waals surface area contributed by atoms with E-state index >= 15 is 0 Å². The van der Waals surface area contributed by atoms with Crippen molar-refractivity contribution < 1.29 is 18.1 Å². The Morgan fingerprint density at radius 2 is 1.92 bits per heavy atom. The molecule has 1 saturated carbocycles. The number of nitro benzene ring substituents is 1. The maximum atomic E-state index is 12.2. The molecule has 3 rings (SSSR count). The molecule has 1 aromatic rings. The van der Waals surface area contributed by atoms with Crippen molar-refractivity contribution in [2.24, 2.45) is 5.92 Å². The van der Waals surface area contributed by atoms with Gasteiger partial charge in [0.15, 0.2) is 0 Å². The number of piperidine rings is 1. The standard InChI is InChI=1S/C16H21N3O5S/c20-16(13-2-1-3-14(10-13)19(21)22)17-11-12-6-8-18(9-7-12)25(23,24)15-4-5-15/h1-3,10,12,15H,4-9,11H2,(H,17,20). The van der Waals surface area contributed by atoms with Crippen molar-refractivity contribution in [3.63, 3.8) is 0 Å². The van der Waals surface area contributed by atoms with Gasteiger partial charge in [0.1, 0.15) is 0 Å². The fraction of sp³-hybridized carbons (Fsp3) is 0.562. The van der Waals surface area contributed by atoms with E-state index < -0.39 is 14.9 Å². The summed E-state index contributed by atoms with van der Waals surface area (Å²) >= 11 is 0. The fourth-order valence-corrected chi connectivity index (χ4v) is 4.92. The summed E-state index contributed by atoms with van der Waals surface area (Å²) in [5, 5.41) is 13.4. The Hall–Kier alpha value is -2.00. The van der Waals surface area contributed by atoms with E-state index in [0.717, 1.165) is 12.8 Å². The van der Waals surface area contributed by atoms with Crippen molar-refractivity contribution in [2.45, 2.75) is 30.9 Å². The van der Waals surface area contributed by atoms with Crippen LogP contribution >= 0.6 is 0 Å². The van der Waals surface area contributed by atoms with E-state index in [1.165, 1.54) is 24.3 Å². The van der Waals surface area contributed by atoms with Crippen molar-refractivity contribution in [1.82, 2.24) is 9.62 Å². The average molecular weight is 367 g/mol. The first-order valence-corrected chi connectivity index (χ1v) is 9.90. The van der Waals surface area contributed by atoms with E-state index in [4.69, 9.17) is 0 Å². The van der Waals surface area contributed by atoms with Crippen LogP contribution in [-0.4, -0.2) is 48.4 Å². The molecule has 136 valence electrons. The van der Waals surface area contributed by atoms with Gasteiger partial charge in [-0.25, -0.2) is 12.7 Å². The largest absolute Gasteiger partial charge is 0.352 e. The van der Waals surface area contributed by atoms with Gasteiger partial charge in [-0.2, -0.15) is 0 Å². The highest BCUT2D eigenvalue weighted by Crippen LogP contribution is 2.33. The normalized spacial score (nSPS) is 19.5. The monoisotopic (exact) mass is 367 g/mol. The first-order chi connectivity index (χ1) is 11.9. The number of hydrogen-bond acceptors (Lipinski definition) is 5. The Labute approximate surface area is 146 Å². The molecule has 1 saturated heterocycles. The van der Waals surface area contributed by atoms with Crippen LogP contribution < -0.4 is 5.32 Å². The number of nitro groups is 1. The van der Waals surface area contributed by atoms with Crippen molar-refractivity contribution in [3.8, 4) is 0 Å². The molecule has 1 amide bonds. The zero-order chi connectivity index (χ0) is 18.0. The predicted octanol–water partition coefficient (Wildman–Crippen LogP) is 1.53. The van der Waals surface area contributed by atoms with Gasteiger partial charge in [-0.3, -0.25) is 14.9 Å². The molecule has 1 heterocycles. The van der Waals surface area contributed by atoms with E-state index in [2.05, 4.69) is 5.32 Å². The molecule has 25 heavy (non-hydrogen) atoms. The zero-order valence-electron chi connectivity index (χ0n) is 13.8. The third-order valence-electron chi connectivity index (χ3n) is 4.75. The van der Waals surface area contributed by atoms with E-state index in [1.807, 2.05) is 0 Å². The maximum Gasteiger partial charge on any atom is 0.270 e. The van der Waals surface area contributed by atoms with E-state index in [-0.39, 0.29) is 28.3 Å². The van der Waals surface area contributed by atoms with Gasteiger partial charge in [0.2, 0.25) is 10.0 Å². The molecular weight excluding hydrogens is 346 g/mol. The summed E-state index contributed by atoms with van der Waals surface area (Å²) in [7, 11) is -3.12. The highest BCUT2D eigenvalue weighted by molar-refractivity contribution is 7.90. The van der Waals surface area contributed by atoms with Crippen LogP contribution in [0.4, 0.5) is 5.69 Å². The van der Waals surface area contributed by atoms with Crippen LogP contribution in [0.1, 0.15) is 36.0 Å².